The molecule has 0 spiro atoms. The number of rotatable bonds is 7. The number of anilines is 3. The Morgan fingerprint density at radius 1 is 0.214 bits per heavy atom. The number of hydrogen-bond donors (Lipinski definition) is 0. The largest absolute Gasteiger partial charge is 0.310 e. The van der Waals surface area contributed by atoms with Crippen molar-refractivity contribution in [2.75, 3.05) is 4.90 Å². The molecule has 13 rings (SSSR count). The molecule has 0 unspecified atom stereocenters. The van der Waals surface area contributed by atoms with Crippen LogP contribution in [0.4, 0.5) is 17.1 Å². The highest BCUT2D eigenvalue weighted by molar-refractivity contribution is 5.90. The van der Waals surface area contributed by atoms with E-state index in [1.54, 1.807) is 0 Å². The zero-order chi connectivity index (χ0) is 47.5. The normalized spacial score (nSPS) is 14.8. The summed E-state index contributed by atoms with van der Waals surface area (Å²) in [4.78, 5) is 2.44. The lowest BCUT2D eigenvalue weighted by molar-refractivity contribution is 0.660. The maximum atomic E-state index is 2.45. The van der Waals surface area contributed by atoms with Crippen LogP contribution in [0.25, 0.3) is 77.9 Å². The van der Waals surface area contributed by atoms with Crippen molar-refractivity contribution < 1.29 is 0 Å². The van der Waals surface area contributed by atoms with Crippen LogP contribution in [0.5, 0.6) is 0 Å². The van der Waals surface area contributed by atoms with E-state index in [2.05, 4.69) is 271 Å². The Labute approximate surface area is 413 Å². The van der Waals surface area contributed by atoms with Gasteiger partial charge in [0.25, 0.3) is 0 Å². The van der Waals surface area contributed by atoms with Crippen molar-refractivity contribution >= 4 is 17.1 Å². The van der Waals surface area contributed by atoms with E-state index >= 15 is 0 Å². The quantitative estimate of drug-likeness (QED) is 0.154. The first-order chi connectivity index (χ1) is 33.9. The van der Waals surface area contributed by atoms with Crippen molar-refractivity contribution in [2.45, 2.75) is 57.8 Å². The minimum absolute atomic E-state index is 0.0530. The van der Waals surface area contributed by atoms with Crippen LogP contribution in [0.2, 0.25) is 0 Å². The van der Waals surface area contributed by atoms with E-state index < -0.39 is 0 Å². The first-order valence-electron chi connectivity index (χ1n) is 24.9. The van der Waals surface area contributed by atoms with Crippen LogP contribution in [-0.2, 0) is 16.2 Å². The van der Waals surface area contributed by atoms with E-state index in [1.807, 2.05) is 0 Å². The molecule has 3 aliphatic carbocycles. The molecule has 1 nitrogen and oxygen atoms in total. The molecule has 3 aliphatic rings. The smallest absolute Gasteiger partial charge is 0.0465 e. The highest BCUT2D eigenvalue weighted by atomic mass is 15.1. The molecule has 0 aromatic heterocycles. The Morgan fingerprint density at radius 3 is 0.914 bits per heavy atom. The molecular weight excluding hydrogens is 843 g/mol. The molecule has 336 valence electrons. The number of fused-ring (bicyclic) bond motifs is 9. The van der Waals surface area contributed by atoms with Gasteiger partial charge in [0.1, 0.15) is 0 Å². The predicted octanol–water partition coefficient (Wildman–Crippen LogP) is 18.7. The molecule has 0 bridgehead atoms. The van der Waals surface area contributed by atoms with Gasteiger partial charge < -0.3 is 4.90 Å². The average Bonchev–Trinajstić information content (AvgIpc) is 3.88. The summed E-state index contributed by atoms with van der Waals surface area (Å²) in [6, 6.07) is 84.2. The van der Waals surface area contributed by atoms with Gasteiger partial charge in [0.15, 0.2) is 0 Å². The molecule has 10 aromatic carbocycles. The summed E-state index contributed by atoms with van der Waals surface area (Å²) < 4.78 is 0. The molecule has 0 fully saturated rings. The lowest BCUT2D eigenvalue weighted by Gasteiger charge is -2.28. The topological polar surface area (TPSA) is 3.24 Å². The maximum Gasteiger partial charge on any atom is 0.0465 e. The zero-order valence-corrected chi connectivity index (χ0v) is 40.8. The van der Waals surface area contributed by atoms with Crippen LogP contribution in [0, 0.1) is 0 Å². The Bertz CT molecular complexity index is 3550. The van der Waals surface area contributed by atoms with Crippen LogP contribution >= 0.6 is 0 Å². The van der Waals surface area contributed by atoms with Crippen molar-refractivity contribution in [3.05, 3.63) is 258 Å². The summed E-state index contributed by atoms with van der Waals surface area (Å²) in [5, 5.41) is 0. The molecule has 1 heteroatoms. The molecule has 0 amide bonds. The molecule has 0 aliphatic heterocycles. The summed E-state index contributed by atoms with van der Waals surface area (Å²) >= 11 is 0. The van der Waals surface area contributed by atoms with Gasteiger partial charge in [0.05, 0.1) is 0 Å². The van der Waals surface area contributed by atoms with Crippen LogP contribution < -0.4 is 4.90 Å². The SMILES string of the molecule is CC1(C)c2ccccc2-c2ccc(-c3ccc(N(c4ccc(-c5ccc6c(c5)C(C)(C)c5ccccc5-6)cc4)c4ccc5c(c4)C(C)(C)c4cc(-c6ccc(-c7ccccc7)cc6)ccc4-5)cc3)cc21. The first kappa shape index (κ1) is 42.1. The zero-order valence-electron chi connectivity index (χ0n) is 40.8. The lowest BCUT2D eigenvalue weighted by atomic mass is 9.81. The third-order valence-corrected chi connectivity index (χ3v) is 16.3. The molecule has 0 atom stereocenters. The molecule has 0 saturated heterocycles. The van der Waals surface area contributed by atoms with Crippen molar-refractivity contribution in [1.29, 1.82) is 0 Å². The Balaban J connectivity index is 0.868. The summed E-state index contributed by atoms with van der Waals surface area (Å²) in [6.07, 6.45) is 0. The third kappa shape index (κ3) is 6.45. The van der Waals surface area contributed by atoms with Gasteiger partial charge in [0.2, 0.25) is 0 Å². The molecule has 70 heavy (non-hydrogen) atoms. The van der Waals surface area contributed by atoms with E-state index in [-0.39, 0.29) is 16.2 Å². The molecular formula is C69H55N. The summed E-state index contributed by atoms with van der Waals surface area (Å²) in [6.45, 7) is 14.2. The van der Waals surface area contributed by atoms with Gasteiger partial charge in [-0.05, 0) is 166 Å². The van der Waals surface area contributed by atoms with Crippen LogP contribution in [-0.4, -0.2) is 0 Å². The predicted molar refractivity (Wildman–Crippen MR) is 296 cm³/mol. The average molecular weight is 898 g/mol. The second-order valence-electron chi connectivity index (χ2n) is 21.3. The number of nitrogens with zero attached hydrogens (tertiary/aromatic N) is 1. The van der Waals surface area contributed by atoms with Crippen LogP contribution in [0.3, 0.4) is 0 Å². The summed E-state index contributed by atoms with van der Waals surface area (Å²) in [5.41, 5.74) is 29.3. The molecule has 10 aromatic rings. The Hall–Kier alpha value is -8.00. The minimum atomic E-state index is -0.206. The van der Waals surface area contributed by atoms with Crippen molar-refractivity contribution in [3.63, 3.8) is 0 Å². The maximum absolute atomic E-state index is 2.45. The first-order valence-corrected chi connectivity index (χ1v) is 24.9. The lowest BCUT2D eigenvalue weighted by Crippen LogP contribution is -2.16. The molecule has 0 heterocycles. The molecule has 0 saturated carbocycles. The fourth-order valence-corrected chi connectivity index (χ4v) is 12.4. The highest BCUT2D eigenvalue weighted by Crippen LogP contribution is 2.54. The monoisotopic (exact) mass is 897 g/mol. The van der Waals surface area contributed by atoms with Gasteiger partial charge in [-0.3, -0.25) is 0 Å². The standard InChI is InChI=1S/C69H55N/c1-67(2)61-18-12-10-16-55(61)57-36-28-50(40-63(57)67)47-24-31-52(32-25-47)70(53-33-26-48(27-34-53)51-29-37-58-56-17-11-13-19-62(56)68(3,4)64(58)41-51)54-35-39-60-59-38-30-49(42-65(59)69(5,6)66(60)43-54)46-22-20-45(21-23-46)44-14-8-7-9-15-44/h7-43H,1-6H3. The van der Waals surface area contributed by atoms with Gasteiger partial charge in [-0.2, -0.15) is 0 Å². The van der Waals surface area contributed by atoms with Gasteiger partial charge in [0, 0.05) is 33.3 Å². The Morgan fingerprint density at radius 2 is 0.486 bits per heavy atom. The fourth-order valence-electron chi connectivity index (χ4n) is 12.4. The van der Waals surface area contributed by atoms with E-state index in [0.29, 0.717) is 0 Å². The van der Waals surface area contributed by atoms with Crippen molar-refractivity contribution in [3.8, 4) is 77.9 Å². The van der Waals surface area contributed by atoms with Gasteiger partial charge in [-0.25, -0.2) is 0 Å². The number of hydrogen-bond acceptors (Lipinski definition) is 1. The van der Waals surface area contributed by atoms with Crippen LogP contribution in [0.15, 0.2) is 224 Å². The van der Waals surface area contributed by atoms with E-state index in [1.165, 1.54) is 111 Å². The fraction of sp³-hybridized carbons (Fsp3) is 0.130. The van der Waals surface area contributed by atoms with Gasteiger partial charge in [-0.1, -0.05) is 211 Å². The van der Waals surface area contributed by atoms with Gasteiger partial charge >= 0.3 is 0 Å². The minimum Gasteiger partial charge on any atom is -0.310 e. The Kier molecular flexibility index (Phi) is 9.33. The van der Waals surface area contributed by atoms with E-state index in [0.717, 1.165) is 17.1 Å². The second-order valence-corrected chi connectivity index (χ2v) is 21.3. The van der Waals surface area contributed by atoms with Crippen molar-refractivity contribution in [2.24, 2.45) is 0 Å². The van der Waals surface area contributed by atoms with E-state index in [9.17, 15) is 0 Å². The highest BCUT2D eigenvalue weighted by Gasteiger charge is 2.38. The number of benzene rings is 10. The second kappa shape index (κ2) is 15.5. The van der Waals surface area contributed by atoms with Crippen molar-refractivity contribution in [1.82, 2.24) is 0 Å². The molecule has 0 radical (unpaired) electrons. The molecule has 0 N–H and O–H groups in total. The van der Waals surface area contributed by atoms with Crippen LogP contribution in [0.1, 0.15) is 74.9 Å². The summed E-state index contributed by atoms with van der Waals surface area (Å²) in [7, 11) is 0. The van der Waals surface area contributed by atoms with E-state index in [4.69, 9.17) is 0 Å². The third-order valence-electron chi connectivity index (χ3n) is 16.3. The van der Waals surface area contributed by atoms with Gasteiger partial charge in [-0.15, -0.1) is 0 Å². The summed E-state index contributed by atoms with van der Waals surface area (Å²) in [5.74, 6) is 0.